The Kier molecular flexibility index (Phi) is 6.58. The number of anilines is 1. The molecule has 1 aliphatic heterocycles. The summed E-state index contributed by atoms with van der Waals surface area (Å²) in [4.78, 5) is 25.9. The Morgan fingerprint density at radius 3 is 2.79 bits per heavy atom. The molecule has 3 heterocycles. The van der Waals surface area contributed by atoms with Crippen LogP contribution in [0, 0.1) is 5.92 Å². The van der Waals surface area contributed by atoms with Gasteiger partial charge in [0.05, 0.1) is 0 Å². The van der Waals surface area contributed by atoms with Gasteiger partial charge in [-0.1, -0.05) is 43.5 Å². The lowest BCUT2D eigenvalue weighted by Crippen LogP contribution is -2.49. The minimum atomic E-state index is 0.0809. The van der Waals surface area contributed by atoms with Gasteiger partial charge in [-0.25, -0.2) is 4.98 Å². The predicted octanol–water partition coefficient (Wildman–Crippen LogP) is 5.65. The Labute approximate surface area is 196 Å². The number of hydrogen-bond donors (Lipinski definition) is 1. The second kappa shape index (κ2) is 9.92. The summed E-state index contributed by atoms with van der Waals surface area (Å²) < 4.78 is 0. The van der Waals surface area contributed by atoms with Crippen molar-refractivity contribution < 1.29 is 4.79 Å². The molecule has 0 spiro atoms. The number of nitrogens with one attached hydrogen (secondary N) is 1. The molecule has 1 aliphatic carbocycles. The zero-order chi connectivity index (χ0) is 22.6. The Hall–Kier alpha value is -2.92. The van der Waals surface area contributed by atoms with Crippen molar-refractivity contribution in [3.8, 4) is 0 Å². The minimum Gasteiger partial charge on any atom is -0.361 e. The fourth-order valence-corrected chi connectivity index (χ4v) is 5.54. The van der Waals surface area contributed by atoms with Gasteiger partial charge in [-0.3, -0.25) is 14.6 Å². The van der Waals surface area contributed by atoms with Gasteiger partial charge in [-0.05, 0) is 61.6 Å². The van der Waals surface area contributed by atoms with E-state index in [0.29, 0.717) is 0 Å². The van der Waals surface area contributed by atoms with Crippen molar-refractivity contribution in [1.82, 2.24) is 14.9 Å². The summed E-state index contributed by atoms with van der Waals surface area (Å²) in [6.45, 7) is 4.95. The first-order valence-electron chi connectivity index (χ1n) is 12.4. The highest BCUT2D eigenvalue weighted by Gasteiger charge is 2.31. The molecule has 172 valence electrons. The van der Waals surface area contributed by atoms with Gasteiger partial charge in [0.2, 0.25) is 5.91 Å². The Bertz CT molecular complexity index is 1110. The maximum Gasteiger partial charge on any atom is 0.231 e. The fraction of sp³-hybridized carbons (Fsp3) is 0.429. The normalized spacial score (nSPS) is 18.8. The molecule has 1 N–H and O–H groups in total. The lowest BCUT2D eigenvalue weighted by atomic mass is 9.88. The molecular formula is C28H34N4O. The Balaban J connectivity index is 1.30. The molecule has 3 aromatic rings. The molecule has 5 nitrogen and oxygen atoms in total. The molecule has 0 unspecified atom stereocenters. The molecule has 5 heteroatoms. The number of carbonyl (C=O) groups excluding carboxylic acids is 1. The quantitative estimate of drug-likeness (QED) is 0.536. The molecule has 5 rings (SSSR count). The van der Waals surface area contributed by atoms with Crippen molar-refractivity contribution in [2.24, 2.45) is 5.92 Å². The molecule has 33 heavy (non-hydrogen) atoms. The second-order valence-corrected chi connectivity index (χ2v) is 9.56. The van der Waals surface area contributed by atoms with E-state index in [1.165, 1.54) is 28.5 Å². The number of amides is 1. The van der Waals surface area contributed by atoms with E-state index in [4.69, 9.17) is 0 Å². The molecule has 1 aromatic carbocycles. The predicted molar refractivity (Wildman–Crippen MR) is 135 cm³/mol. The molecular weight excluding hydrogens is 408 g/mol. The molecule has 2 aromatic heterocycles. The largest absolute Gasteiger partial charge is 0.361 e. The number of H-pyrrole nitrogens is 1. The van der Waals surface area contributed by atoms with Crippen LogP contribution in [-0.4, -0.2) is 46.5 Å². The summed E-state index contributed by atoms with van der Waals surface area (Å²) >= 11 is 0. The summed E-state index contributed by atoms with van der Waals surface area (Å²) in [6.07, 6.45) is 12.8. The van der Waals surface area contributed by atoms with E-state index >= 15 is 0 Å². The highest BCUT2D eigenvalue weighted by Crippen LogP contribution is 2.30. The summed E-state index contributed by atoms with van der Waals surface area (Å²) in [7, 11) is 0. The van der Waals surface area contributed by atoms with Crippen LogP contribution in [0.3, 0.4) is 0 Å². The van der Waals surface area contributed by atoms with Crippen LogP contribution < -0.4 is 4.90 Å². The second-order valence-electron chi connectivity index (χ2n) is 9.56. The monoisotopic (exact) mass is 442 g/mol. The molecule has 0 bridgehead atoms. The van der Waals surface area contributed by atoms with E-state index in [2.05, 4.69) is 52.1 Å². The van der Waals surface area contributed by atoms with E-state index in [1.54, 1.807) is 6.20 Å². The van der Waals surface area contributed by atoms with Gasteiger partial charge < -0.3 is 4.98 Å². The molecule has 1 atom stereocenters. The van der Waals surface area contributed by atoms with Crippen LogP contribution in [0.5, 0.6) is 0 Å². The number of pyridine rings is 1. The first-order valence-corrected chi connectivity index (χ1v) is 12.4. The van der Waals surface area contributed by atoms with E-state index in [-0.39, 0.29) is 17.9 Å². The summed E-state index contributed by atoms with van der Waals surface area (Å²) in [5.74, 6) is 1.18. The standard InChI is InChI=1S/C28H34N4O/c1-21(32(27-12-5-6-16-30-27)28(33)23-8-3-2-4-9-23)20-31-18-14-22(15-19-31)24-10-7-11-26-25(24)13-17-29-26/h5-7,10-14,16-17,21,23,29H,2-4,8-9,15,18-20H2,1H3/t21-/m1/s1. The summed E-state index contributed by atoms with van der Waals surface area (Å²) in [5, 5.41) is 1.30. The van der Waals surface area contributed by atoms with Crippen molar-refractivity contribution in [3.05, 3.63) is 66.5 Å². The number of nitrogens with zero attached hydrogens (tertiary/aromatic N) is 3. The molecule has 1 saturated carbocycles. The SMILES string of the molecule is C[C@H](CN1CC=C(c2cccc3[nH]ccc23)CC1)N(C(=O)C1CCCCC1)c1ccccn1. The fourth-order valence-electron chi connectivity index (χ4n) is 5.54. The van der Waals surface area contributed by atoms with Gasteiger partial charge in [0.25, 0.3) is 0 Å². The first kappa shape index (κ1) is 21.9. The van der Waals surface area contributed by atoms with Crippen LogP contribution in [-0.2, 0) is 4.79 Å². The third-order valence-electron chi connectivity index (χ3n) is 7.29. The van der Waals surface area contributed by atoms with Gasteiger partial charge in [0.15, 0.2) is 0 Å². The number of aromatic amines is 1. The third kappa shape index (κ3) is 4.74. The lowest BCUT2D eigenvalue weighted by Gasteiger charge is -2.36. The number of carbonyl (C=O) groups is 1. The third-order valence-corrected chi connectivity index (χ3v) is 7.29. The minimum absolute atomic E-state index is 0.0809. The summed E-state index contributed by atoms with van der Waals surface area (Å²) in [6, 6.07) is 14.6. The van der Waals surface area contributed by atoms with Crippen molar-refractivity contribution in [3.63, 3.8) is 0 Å². The van der Waals surface area contributed by atoms with Crippen LogP contribution in [0.1, 0.15) is 51.0 Å². The zero-order valence-electron chi connectivity index (χ0n) is 19.5. The Morgan fingerprint density at radius 1 is 1.15 bits per heavy atom. The van der Waals surface area contributed by atoms with E-state index in [1.807, 2.05) is 29.3 Å². The van der Waals surface area contributed by atoms with Gasteiger partial charge in [0.1, 0.15) is 5.82 Å². The maximum atomic E-state index is 13.6. The number of rotatable bonds is 6. The van der Waals surface area contributed by atoms with Crippen LogP contribution in [0.25, 0.3) is 16.5 Å². The van der Waals surface area contributed by atoms with Gasteiger partial charge in [-0.2, -0.15) is 0 Å². The maximum absolute atomic E-state index is 13.6. The Morgan fingerprint density at radius 2 is 2.03 bits per heavy atom. The molecule has 1 amide bonds. The van der Waals surface area contributed by atoms with Crippen LogP contribution in [0.15, 0.2) is 60.9 Å². The highest BCUT2D eigenvalue weighted by atomic mass is 16.2. The average Bonchev–Trinajstić information content (AvgIpc) is 3.35. The lowest BCUT2D eigenvalue weighted by molar-refractivity contribution is -0.123. The zero-order valence-corrected chi connectivity index (χ0v) is 19.5. The van der Waals surface area contributed by atoms with Gasteiger partial charge in [-0.15, -0.1) is 0 Å². The van der Waals surface area contributed by atoms with Gasteiger partial charge >= 0.3 is 0 Å². The van der Waals surface area contributed by atoms with E-state index in [0.717, 1.165) is 57.6 Å². The van der Waals surface area contributed by atoms with Crippen molar-refractivity contribution in [2.45, 2.75) is 51.5 Å². The highest BCUT2D eigenvalue weighted by molar-refractivity contribution is 5.95. The van der Waals surface area contributed by atoms with E-state index < -0.39 is 0 Å². The smallest absolute Gasteiger partial charge is 0.231 e. The number of aromatic nitrogens is 2. The topological polar surface area (TPSA) is 52.2 Å². The van der Waals surface area contributed by atoms with Crippen molar-refractivity contribution >= 4 is 28.2 Å². The number of hydrogen-bond acceptors (Lipinski definition) is 3. The van der Waals surface area contributed by atoms with Crippen molar-refractivity contribution in [2.75, 3.05) is 24.5 Å². The first-order chi connectivity index (χ1) is 16.2. The van der Waals surface area contributed by atoms with E-state index in [9.17, 15) is 4.79 Å². The number of benzene rings is 1. The van der Waals surface area contributed by atoms with Crippen LogP contribution in [0.4, 0.5) is 5.82 Å². The summed E-state index contributed by atoms with van der Waals surface area (Å²) in [5.41, 5.74) is 3.95. The van der Waals surface area contributed by atoms with Crippen LogP contribution >= 0.6 is 0 Å². The molecule has 0 radical (unpaired) electrons. The van der Waals surface area contributed by atoms with Gasteiger partial charge in [0, 0.05) is 54.9 Å². The molecule has 2 aliphatic rings. The van der Waals surface area contributed by atoms with Crippen molar-refractivity contribution in [1.29, 1.82) is 0 Å². The number of fused-ring (bicyclic) bond motifs is 1. The molecule has 0 saturated heterocycles. The van der Waals surface area contributed by atoms with Crippen LogP contribution in [0.2, 0.25) is 0 Å². The molecule has 1 fully saturated rings. The average molecular weight is 443 g/mol.